The molecule has 136 valence electrons. The normalized spacial score (nSPS) is 11.2. The van der Waals surface area contributed by atoms with Crippen molar-refractivity contribution in [3.05, 3.63) is 54.1 Å². The van der Waals surface area contributed by atoms with E-state index in [0.717, 1.165) is 39.9 Å². The number of nitrogens with zero attached hydrogens (tertiary/aromatic N) is 2. The van der Waals surface area contributed by atoms with Crippen molar-refractivity contribution in [2.45, 2.75) is 24.7 Å². The standard InChI is InChI=1S/C20H23N3OS2/c1-3-23(4-2)13-15-8-7-9-16(12-15)21-19(24)14-25-20-22-17-10-5-6-11-18(17)26-20/h5-12H,3-4,13-14H2,1-2H3,(H,21,24). The third-order valence-corrected chi connectivity index (χ3v) is 6.29. The fraction of sp³-hybridized carbons (Fsp3) is 0.300. The summed E-state index contributed by atoms with van der Waals surface area (Å²) >= 11 is 3.11. The Hall–Kier alpha value is -1.89. The number of nitrogens with one attached hydrogen (secondary N) is 1. The number of aromatic nitrogens is 1. The van der Waals surface area contributed by atoms with E-state index in [1.165, 1.54) is 17.3 Å². The van der Waals surface area contributed by atoms with Gasteiger partial charge >= 0.3 is 0 Å². The van der Waals surface area contributed by atoms with Crippen LogP contribution in [0.15, 0.2) is 52.9 Å². The average Bonchev–Trinajstić information content (AvgIpc) is 3.08. The van der Waals surface area contributed by atoms with Gasteiger partial charge in [-0.2, -0.15) is 0 Å². The summed E-state index contributed by atoms with van der Waals surface area (Å²) in [5.41, 5.74) is 3.05. The summed E-state index contributed by atoms with van der Waals surface area (Å²) in [6.07, 6.45) is 0. The van der Waals surface area contributed by atoms with Crippen LogP contribution >= 0.6 is 23.1 Å². The van der Waals surface area contributed by atoms with E-state index >= 15 is 0 Å². The molecule has 3 aromatic rings. The average molecular weight is 386 g/mol. The van der Waals surface area contributed by atoms with E-state index in [4.69, 9.17) is 0 Å². The summed E-state index contributed by atoms with van der Waals surface area (Å²) in [5.74, 6) is 0.356. The monoisotopic (exact) mass is 385 g/mol. The second-order valence-corrected chi connectivity index (χ2v) is 8.20. The zero-order valence-electron chi connectivity index (χ0n) is 15.1. The summed E-state index contributed by atoms with van der Waals surface area (Å²) in [6.45, 7) is 7.26. The summed E-state index contributed by atoms with van der Waals surface area (Å²) in [6, 6.07) is 16.1. The van der Waals surface area contributed by atoms with Gasteiger partial charge in [0.15, 0.2) is 4.34 Å². The molecule has 2 aromatic carbocycles. The molecule has 6 heteroatoms. The largest absolute Gasteiger partial charge is 0.325 e. The van der Waals surface area contributed by atoms with E-state index in [9.17, 15) is 4.79 Å². The van der Waals surface area contributed by atoms with E-state index < -0.39 is 0 Å². The van der Waals surface area contributed by atoms with E-state index in [2.05, 4.69) is 47.2 Å². The third-order valence-electron chi connectivity index (χ3n) is 4.11. The predicted molar refractivity (Wildman–Crippen MR) is 112 cm³/mol. The first-order valence-corrected chi connectivity index (χ1v) is 10.6. The number of para-hydroxylation sites is 1. The Labute approximate surface area is 162 Å². The minimum absolute atomic E-state index is 0.00533. The predicted octanol–water partition coefficient (Wildman–Crippen LogP) is 4.87. The molecular weight excluding hydrogens is 362 g/mol. The number of thiazole rings is 1. The molecule has 0 saturated heterocycles. The Morgan fingerprint density at radius 1 is 1.15 bits per heavy atom. The first-order chi connectivity index (χ1) is 12.7. The van der Waals surface area contributed by atoms with Gasteiger partial charge in [0.1, 0.15) is 0 Å². The molecule has 4 nitrogen and oxygen atoms in total. The summed E-state index contributed by atoms with van der Waals surface area (Å²) < 4.78 is 2.08. The fourth-order valence-corrected chi connectivity index (χ4v) is 4.56. The van der Waals surface area contributed by atoms with E-state index in [1.54, 1.807) is 11.3 Å². The van der Waals surface area contributed by atoms with Gasteiger partial charge in [-0.3, -0.25) is 9.69 Å². The SMILES string of the molecule is CCN(CC)Cc1cccc(NC(=O)CSc2nc3ccccc3s2)c1. The molecule has 0 aliphatic heterocycles. The van der Waals surface area contributed by atoms with Crippen LogP contribution in [0.25, 0.3) is 10.2 Å². The molecule has 0 fully saturated rings. The van der Waals surface area contributed by atoms with Crippen LogP contribution in [-0.4, -0.2) is 34.6 Å². The molecule has 0 bridgehead atoms. The zero-order valence-corrected chi connectivity index (χ0v) is 16.7. The van der Waals surface area contributed by atoms with Gasteiger partial charge in [0.05, 0.1) is 16.0 Å². The first kappa shape index (κ1) is 18.9. The molecule has 26 heavy (non-hydrogen) atoms. The van der Waals surface area contributed by atoms with Gasteiger partial charge in [-0.1, -0.05) is 49.9 Å². The highest BCUT2D eigenvalue weighted by Gasteiger charge is 2.09. The minimum Gasteiger partial charge on any atom is -0.325 e. The van der Waals surface area contributed by atoms with E-state index in [1.807, 2.05) is 30.3 Å². The van der Waals surface area contributed by atoms with Crippen LogP contribution in [-0.2, 0) is 11.3 Å². The summed E-state index contributed by atoms with van der Waals surface area (Å²) in [7, 11) is 0. The molecule has 0 aliphatic carbocycles. The Bertz CT molecular complexity index is 841. The molecular formula is C20H23N3OS2. The van der Waals surface area contributed by atoms with Crippen molar-refractivity contribution in [1.82, 2.24) is 9.88 Å². The van der Waals surface area contributed by atoms with E-state index in [-0.39, 0.29) is 5.91 Å². The lowest BCUT2D eigenvalue weighted by atomic mass is 10.2. The van der Waals surface area contributed by atoms with Crippen molar-refractivity contribution in [2.24, 2.45) is 0 Å². The number of rotatable bonds is 8. The Morgan fingerprint density at radius 3 is 2.73 bits per heavy atom. The number of carbonyl (C=O) groups is 1. The number of carbonyl (C=O) groups excluding carboxylic acids is 1. The molecule has 1 amide bonds. The van der Waals surface area contributed by atoms with Gasteiger partial charge in [0.2, 0.25) is 5.91 Å². The lowest BCUT2D eigenvalue weighted by molar-refractivity contribution is -0.113. The second-order valence-electron chi connectivity index (χ2n) is 5.95. The maximum atomic E-state index is 12.3. The highest BCUT2D eigenvalue weighted by atomic mass is 32.2. The van der Waals surface area contributed by atoms with Crippen molar-refractivity contribution in [2.75, 3.05) is 24.2 Å². The Morgan fingerprint density at radius 2 is 1.96 bits per heavy atom. The maximum Gasteiger partial charge on any atom is 0.234 e. The topological polar surface area (TPSA) is 45.2 Å². The molecule has 0 radical (unpaired) electrons. The minimum atomic E-state index is -0.00533. The Kier molecular flexibility index (Phi) is 6.66. The van der Waals surface area contributed by atoms with Crippen LogP contribution < -0.4 is 5.32 Å². The molecule has 1 heterocycles. The fourth-order valence-electron chi connectivity index (χ4n) is 2.69. The van der Waals surface area contributed by atoms with Gasteiger partial charge < -0.3 is 5.32 Å². The molecule has 3 rings (SSSR count). The lowest BCUT2D eigenvalue weighted by Gasteiger charge is -2.18. The van der Waals surface area contributed by atoms with Gasteiger partial charge in [0, 0.05) is 12.2 Å². The van der Waals surface area contributed by atoms with Crippen LogP contribution in [0.2, 0.25) is 0 Å². The van der Waals surface area contributed by atoms with Gasteiger partial charge in [-0.25, -0.2) is 4.98 Å². The number of hydrogen-bond donors (Lipinski definition) is 1. The maximum absolute atomic E-state index is 12.3. The quantitative estimate of drug-likeness (QED) is 0.562. The number of hydrogen-bond acceptors (Lipinski definition) is 5. The number of thioether (sulfide) groups is 1. The van der Waals surface area contributed by atoms with Crippen LogP contribution in [0, 0.1) is 0 Å². The molecule has 0 spiro atoms. The molecule has 0 aliphatic rings. The molecule has 0 saturated carbocycles. The van der Waals surface area contributed by atoms with Crippen molar-refractivity contribution in [3.8, 4) is 0 Å². The highest BCUT2D eigenvalue weighted by molar-refractivity contribution is 8.01. The molecule has 0 unspecified atom stereocenters. The third kappa shape index (κ3) is 5.06. The van der Waals surface area contributed by atoms with Gasteiger partial charge in [-0.15, -0.1) is 11.3 Å². The second kappa shape index (κ2) is 9.16. The van der Waals surface area contributed by atoms with Crippen molar-refractivity contribution in [1.29, 1.82) is 0 Å². The smallest absolute Gasteiger partial charge is 0.234 e. The van der Waals surface area contributed by atoms with Crippen LogP contribution in [0.4, 0.5) is 5.69 Å². The number of benzene rings is 2. The van der Waals surface area contributed by atoms with Crippen molar-refractivity contribution in [3.63, 3.8) is 0 Å². The summed E-state index contributed by atoms with van der Waals surface area (Å²) in [5, 5.41) is 2.99. The number of fused-ring (bicyclic) bond motifs is 1. The van der Waals surface area contributed by atoms with E-state index in [0.29, 0.717) is 5.75 Å². The number of amides is 1. The summed E-state index contributed by atoms with van der Waals surface area (Å²) in [4.78, 5) is 19.2. The Balaban J connectivity index is 1.56. The molecule has 1 N–H and O–H groups in total. The first-order valence-electron chi connectivity index (χ1n) is 8.77. The molecule has 1 aromatic heterocycles. The van der Waals surface area contributed by atoms with Crippen molar-refractivity contribution >= 4 is 44.9 Å². The van der Waals surface area contributed by atoms with Crippen LogP contribution in [0.5, 0.6) is 0 Å². The van der Waals surface area contributed by atoms with Gasteiger partial charge in [-0.05, 0) is 42.9 Å². The van der Waals surface area contributed by atoms with Crippen LogP contribution in [0.1, 0.15) is 19.4 Å². The van der Waals surface area contributed by atoms with Gasteiger partial charge in [0.25, 0.3) is 0 Å². The lowest BCUT2D eigenvalue weighted by Crippen LogP contribution is -2.22. The van der Waals surface area contributed by atoms with Crippen LogP contribution in [0.3, 0.4) is 0 Å². The van der Waals surface area contributed by atoms with Crippen molar-refractivity contribution < 1.29 is 4.79 Å². The number of anilines is 1. The molecule has 0 atom stereocenters. The highest BCUT2D eigenvalue weighted by Crippen LogP contribution is 2.29. The zero-order chi connectivity index (χ0) is 18.4.